The van der Waals surface area contributed by atoms with Gasteiger partial charge in [-0.3, -0.25) is 0 Å². The molecule has 6 rings (SSSR count). The van der Waals surface area contributed by atoms with Crippen molar-refractivity contribution in [1.29, 1.82) is 0 Å². The van der Waals surface area contributed by atoms with Crippen molar-refractivity contribution >= 4 is 35.4 Å². The molecular weight excluding hydrogens is 657 g/mol. The minimum atomic E-state index is -0.403. The van der Waals surface area contributed by atoms with Crippen molar-refractivity contribution in [3.05, 3.63) is 81.8 Å². The second-order valence-electron chi connectivity index (χ2n) is 11.5. The Balaban J connectivity index is 1.20. The number of methoxy groups -OCH3 is 2. The van der Waals surface area contributed by atoms with Gasteiger partial charge >= 0.3 is 12.2 Å². The number of carbonyl (C=O) groups excluding carboxylic acids is 2. The Labute approximate surface area is 288 Å². The van der Waals surface area contributed by atoms with Crippen molar-refractivity contribution < 1.29 is 28.5 Å². The van der Waals surface area contributed by atoms with Crippen LogP contribution in [0.15, 0.2) is 60.7 Å². The number of benzene rings is 2. The van der Waals surface area contributed by atoms with Crippen LogP contribution in [0.5, 0.6) is 11.8 Å². The Bertz CT molecular complexity index is 1690. The number of aryl methyl sites for hydroxylation is 1. The second-order valence-corrected chi connectivity index (χ2v) is 12.2. The molecule has 11 nitrogen and oxygen atoms in total. The van der Waals surface area contributed by atoms with Gasteiger partial charge in [-0.15, -0.1) is 0 Å². The maximum atomic E-state index is 11.3. The fourth-order valence-corrected chi connectivity index (χ4v) is 6.48. The zero-order valence-electron chi connectivity index (χ0n) is 26.5. The van der Waals surface area contributed by atoms with E-state index in [0.29, 0.717) is 59.5 Å². The van der Waals surface area contributed by atoms with Crippen LogP contribution in [-0.4, -0.2) is 68.2 Å². The van der Waals surface area contributed by atoms with Crippen LogP contribution < -0.4 is 25.4 Å². The number of aromatic nitrogens is 2. The fraction of sp³-hybridized carbons (Fsp3) is 0.314. The quantitative estimate of drug-likeness (QED) is 0.145. The molecule has 2 atom stereocenters. The lowest BCUT2D eigenvalue weighted by Crippen LogP contribution is -2.36. The maximum Gasteiger partial charge on any atom is 0.407 e. The predicted octanol–water partition coefficient (Wildman–Crippen LogP) is 6.43. The van der Waals surface area contributed by atoms with E-state index in [4.69, 9.17) is 52.1 Å². The molecule has 3 N–H and O–H groups in total. The van der Waals surface area contributed by atoms with Gasteiger partial charge in [0.25, 0.3) is 0 Å². The number of carbonyl (C=O) groups is 2. The molecule has 0 bridgehead atoms. The highest BCUT2D eigenvalue weighted by atomic mass is 35.5. The van der Waals surface area contributed by atoms with Gasteiger partial charge in [-0.2, -0.15) is 0 Å². The van der Waals surface area contributed by atoms with Gasteiger partial charge in [0.2, 0.25) is 11.8 Å². The third kappa shape index (κ3) is 7.43. The van der Waals surface area contributed by atoms with Crippen LogP contribution in [-0.2, 0) is 22.4 Å². The smallest absolute Gasteiger partial charge is 0.407 e. The molecule has 2 aromatic carbocycles. The summed E-state index contributed by atoms with van der Waals surface area (Å²) in [6.45, 7) is 1.77. The summed E-state index contributed by atoms with van der Waals surface area (Å²) in [5.41, 5.74) is 6.12. The molecule has 2 fully saturated rings. The van der Waals surface area contributed by atoms with E-state index in [2.05, 4.69) is 16.0 Å². The third-order valence-corrected chi connectivity index (χ3v) is 9.10. The largest absolute Gasteiger partial charge is 0.481 e. The molecule has 0 radical (unpaired) electrons. The molecule has 0 aliphatic carbocycles. The topological polar surface area (TPSA) is 133 Å². The molecule has 2 saturated heterocycles. The first-order valence-electron chi connectivity index (χ1n) is 15.6. The van der Waals surface area contributed by atoms with E-state index in [1.54, 1.807) is 14.2 Å². The number of hydrogen-bond donors (Lipinski definition) is 3. The molecule has 2 aromatic heterocycles. The van der Waals surface area contributed by atoms with E-state index in [9.17, 15) is 9.59 Å². The molecule has 48 heavy (non-hydrogen) atoms. The average Bonchev–Trinajstić information content (AvgIpc) is 3.72. The number of rotatable bonds is 13. The van der Waals surface area contributed by atoms with Crippen LogP contribution >= 0.6 is 23.2 Å². The number of ether oxygens (including phenoxy) is 4. The van der Waals surface area contributed by atoms with E-state index < -0.39 is 6.09 Å². The summed E-state index contributed by atoms with van der Waals surface area (Å²) in [4.78, 5) is 32.1. The van der Waals surface area contributed by atoms with Crippen LogP contribution in [0.1, 0.15) is 24.0 Å². The van der Waals surface area contributed by atoms with Gasteiger partial charge in [-0.05, 0) is 31.4 Å². The van der Waals surface area contributed by atoms with Crippen LogP contribution in [0, 0.1) is 0 Å². The molecule has 4 aromatic rings. The molecule has 0 saturated carbocycles. The highest BCUT2D eigenvalue weighted by Gasteiger charge is 2.23. The summed E-state index contributed by atoms with van der Waals surface area (Å²) >= 11 is 14.1. The Kier molecular flexibility index (Phi) is 10.5. The number of amides is 2. The van der Waals surface area contributed by atoms with Crippen molar-refractivity contribution in [2.24, 2.45) is 0 Å². The molecular formula is C35H35Cl2N5O6. The average molecular weight is 693 g/mol. The standard InChI is InChI=1S/C35H35Cl2N5O6/c1-45-32-20(6-3-7-22-18-47-34(43)39-22)12-14-28(41-32)26-10-4-8-24(30(26)36)25-9-5-11-27(31(25)37)29-15-13-21(33(42-29)46-2)16-38-17-23-19-48-35(44)40-23/h4-5,8-15,22-23,38H,3,6-7,16-19H2,1-2H3,(H,39,43)(H,40,44)/t22-,23-/m0/s1. The molecule has 2 aliphatic heterocycles. The maximum absolute atomic E-state index is 11.3. The monoisotopic (exact) mass is 691 g/mol. The Morgan fingerprint density at radius 1 is 0.750 bits per heavy atom. The van der Waals surface area contributed by atoms with Crippen molar-refractivity contribution in [1.82, 2.24) is 25.9 Å². The second kappa shape index (κ2) is 15.1. The summed E-state index contributed by atoms with van der Waals surface area (Å²) < 4.78 is 21.2. The zero-order chi connectivity index (χ0) is 33.6. The first-order valence-corrected chi connectivity index (χ1v) is 16.3. The van der Waals surface area contributed by atoms with E-state index in [1.807, 2.05) is 60.7 Å². The van der Waals surface area contributed by atoms with E-state index in [1.165, 1.54) is 0 Å². The van der Waals surface area contributed by atoms with E-state index in [0.717, 1.165) is 52.6 Å². The number of halogens is 2. The molecule has 0 spiro atoms. The highest BCUT2D eigenvalue weighted by molar-refractivity contribution is 6.39. The van der Waals surface area contributed by atoms with Crippen LogP contribution in [0.3, 0.4) is 0 Å². The number of alkyl carbamates (subject to hydrolysis) is 2. The normalized spacial score (nSPS) is 17.0. The van der Waals surface area contributed by atoms with E-state index >= 15 is 0 Å². The minimum absolute atomic E-state index is 0.0251. The van der Waals surface area contributed by atoms with Gasteiger partial charge < -0.3 is 34.9 Å². The first kappa shape index (κ1) is 33.3. The number of hydrogen-bond acceptors (Lipinski definition) is 9. The fourth-order valence-electron chi connectivity index (χ4n) is 5.83. The molecule has 2 aliphatic rings. The summed E-state index contributed by atoms with van der Waals surface area (Å²) in [7, 11) is 3.18. The summed E-state index contributed by atoms with van der Waals surface area (Å²) in [5.74, 6) is 0.995. The van der Waals surface area contributed by atoms with Crippen molar-refractivity contribution in [2.75, 3.05) is 34.0 Å². The van der Waals surface area contributed by atoms with Gasteiger partial charge in [0, 0.05) is 46.5 Å². The van der Waals surface area contributed by atoms with Crippen molar-refractivity contribution in [2.45, 2.75) is 37.9 Å². The minimum Gasteiger partial charge on any atom is -0.481 e. The molecule has 0 unspecified atom stereocenters. The molecule has 13 heteroatoms. The molecule has 250 valence electrons. The number of pyridine rings is 2. The van der Waals surface area contributed by atoms with Crippen LogP contribution in [0.2, 0.25) is 10.0 Å². The summed E-state index contributed by atoms with van der Waals surface area (Å²) in [5, 5.41) is 9.87. The van der Waals surface area contributed by atoms with Crippen LogP contribution in [0.25, 0.3) is 33.6 Å². The number of nitrogens with zero attached hydrogens (tertiary/aromatic N) is 2. The molecule has 2 amide bonds. The van der Waals surface area contributed by atoms with Gasteiger partial charge in [0.1, 0.15) is 13.2 Å². The molecule has 4 heterocycles. The van der Waals surface area contributed by atoms with Crippen LogP contribution in [0.4, 0.5) is 9.59 Å². The van der Waals surface area contributed by atoms with Gasteiger partial charge in [0.15, 0.2) is 0 Å². The lowest BCUT2D eigenvalue weighted by molar-refractivity contribution is 0.175. The Hall–Kier alpha value is -4.58. The predicted molar refractivity (Wildman–Crippen MR) is 183 cm³/mol. The first-order chi connectivity index (χ1) is 23.3. The van der Waals surface area contributed by atoms with Crippen molar-refractivity contribution in [3.8, 4) is 45.4 Å². The number of nitrogens with one attached hydrogen (secondary N) is 3. The lowest BCUT2D eigenvalue weighted by atomic mass is 9.97. The van der Waals surface area contributed by atoms with Gasteiger partial charge in [-0.25, -0.2) is 19.6 Å². The highest BCUT2D eigenvalue weighted by Crippen LogP contribution is 2.42. The van der Waals surface area contributed by atoms with Gasteiger partial charge in [-0.1, -0.05) is 71.7 Å². The summed E-state index contributed by atoms with van der Waals surface area (Å²) in [6, 6.07) is 19.2. The van der Waals surface area contributed by atoms with E-state index in [-0.39, 0.29) is 18.2 Å². The van der Waals surface area contributed by atoms with Crippen molar-refractivity contribution in [3.63, 3.8) is 0 Å². The van der Waals surface area contributed by atoms with Gasteiger partial charge in [0.05, 0.1) is 47.7 Å². The third-order valence-electron chi connectivity index (χ3n) is 8.28. The Morgan fingerprint density at radius 3 is 1.81 bits per heavy atom. The summed E-state index contributed by atoms with van der Waals surface area (Å²) in [6.07, 6.45) is 1.61. The zero-order valence-corrected chi connectivity index (χ0v) is 28.0. The Morgan fingerprint density at radius 2 is 1.27 bits per heavy atom. The number of cyclic esters (lactones) is 2. The lowest BCUT2D eigenvalue weighted by Gasteiger charge is -2.16. The SMILES string of the molecule is COc1nc(-c2cccc(-c3cccc(-c4ccc(CNC[C@H]5COC(=O)N5)c(OC)n4)c3Cl)c2Cl)ccc1CCC[C@H]1COC(=O)N1.